The zero-order valence-corrected chi connectivity index (χ0v) is 11.5. The third-order valence-corrected chi connectivity index (χ3v) is 3.56. The largest absolute Gasteiger partial charge is 0.465 e. The van der Waals surface area contributed by atoms with E-state index in [1.54, 1.807) is 6.92 Å². The normalized spacial score (nSPS) is 10.4. The molecule has 0 saturated carbocycles. The summed E-state index contributed by atoms with van der Waals surface area (Å²) >= 11 is 1.44. The van der Waals surface area contributed by atoms with Crippen molar-refractivity contribution in [2.75, 3.05) is 18.1 Å². The SMILES string of the molecule is CCOC(=O)CSc1cccn1-c1ccccc1N. The summed E-state index contributed by atoms with van der Waals surface area (Å²) in [4.78, 5) is 11.4. The quantitative estimate of drug-likeness (QED) is 0.518. The van der Waals surface area contributed by atoms with Crippen LogP contribution in [0.3, 0.4) is 0 Å². The molecular formula is C14H16N2O2S. The second-order valence-corrected chi connectivity index (χ2v) is 4.86. The fourth-order valence-corrected chi connectivity index (χ4v) is 2.55. The van der Waals surface area contributed by atoms with Crippen molar-refractivity contribution < 1.29 is 9.53 Å². The summed E-state index contributed by atoms with van der Waals surface area (Å²) in [5, 5.41) is 0.964. The third kappa shape index (κ3) is 3.32. The van der Waals surface area contributed by atoms with Gasteiger partial charge in [-0.3, -0.25) is 4.79 Å². The predicted octanol–water partition coefficient (Wildman–Crippen LogP) is 2.71. The van der Waals surface area contributed by atoms with Crippen LogP contribution in [0.4, 0.5) is 5.69 Å². The Morgan fingerprint density at radius 2 is 2.11 bits per heavy atom. The lowest BCUT2D eigenvalue weighted by Crippen LogP contribution is -2.07. The van der Waals surface area contributed by atoms with Gasteiger partial charge in [-0.25, -0.2) is 0 Å². The molecule has 19 heavy (non-hydrogen) atoms. The van der Waals surface area contributed by atoms with Crippen molar-refractivity contribution in [3.63, 3.8) is 0 Å². The number of anilines is 1. The van der Waals surface area contributed by atoms with E-state index in [1.165, 1.54) is 11.8 Å². The number of nitrogens with two attached hydrogens (primary N) is 1. The maximum Gasteiger partial charge on any atom is 0.316 e. The van der Waals surface area contributed by atoms with Crippen LogP contribution in [-0.4, -0.2) is 22.9 Å². The molecule has 1 heterocycles. The van der Waals surface area contributed by atoms with E-state index in [0.29, 0.717) is 18.0 Å². The second kappa shape index (κ2) is 6.33. The summed E-state index contributed by atoms with van der Waals surface area (Å²) in [7, 11) is 0. The first kappa shape index (κ1) is 13.5. The Morgan fingerprint density at radius 1 is 1.32 bits per heavy atom. The number of esters is 1. The van der Waals surface area contributed by atoms with Gasteiger partial charge in [0, 0.05) is 6.20 Å². The fourth-order valence-electron chi connectivity index (χ4n) is 1.72. The Labute approximate surface area is 116 Å². The van der Waals surface area contributed by atoms with E-state index in [4.69, 9.17) is 10.5 Å². The first-order valence-electron chi connectivity index (χ1n) is 6.03. The van der Waals surface area contributed by atoms with Gasteiger partial charge in [-0.05, 0) is 31.2 Å². The van der Waals surface area contributed by atoms with Gasteiger partial charge in [0.05, 0.1) is 28.8 Å². The molecule has 1 aromatic heterocycles. The molecule has 2 aromatic rings. The summed E-state index contributed by atoms with van der Waals surface area (Å²) in [6.45, 7) is 2.21. The van der Waals surface area contributed by atoms with E-state index >= 15 is 0 Å². The second-order valence-electron chi connectivity index (χ2n) is 3.87. The number of nitrogens with zero attached hydrogens (tertiary/aromatic N) is 1. The Bertz CT molecular complexity index is 566. The van der Waals surface area contributed by atoms with E-state index in [2.05, 4.69) is 0 Å². The number of ether oxygens (including phenoxy) is 1. The van der Waals surface area contributed by atoms with Gasteiger partial charge < -0.3 is 15.0 Å². The first-order valence-corrected chi connectivity index (χ1v) is 7.01. The molecule has 0 unspecified atom stereocenters. The Kier molecular flexibility index (Phi) is 4.52. The van der Waals surface area contributed by atoms with Crippen LogP contribution >= 0.6 is 11.8 Å². The van der Waals surface area contributed by atoms with Crippen molar-refractivity contribution in [1.82, 2.24) is 4.57 Å². The summed E-state index contributed by atoms with van der Waals surface area (Å²) < 4.78 is 6.89. The van der Waals surface area contributed by atoms with Crippen molar-refractivity contribution >= 4 is 23.4 Å². The van der Waals surface area contributed by atoms with E-state index in [-0.39, 0.29) is 5.97 Å². The molecule has 0 atom stereocenters. The Hall–Kier alpha value is -1.88. The maximum absolute atomic E-state index is 11.4. The van der Waals surface area contributed by atoms with Crippen molar-refractivity contribution in [3.8, 4) is 5.69 Å². The van der Waals surface area contributed by atoms with Crippen LogP contribution in [0.15, 0.2) is 47.6 Å². The fraction of sp³-hybridized carbons (Fsp3) is 0.214. The summed E-state index contributed by atoms with van der Waals surface area (Å²) in [6.07, 6.45) is 1.93. The van der Waals surface area contributed by atoms with Gasteiger partial charge >= 0.3 is 5.97 Å². The van der Waals surface area contributed by atoms with Crippen LogP contribution in [0.1, 0.15) is 6.92 Å². The van der Waals surface area contributed by atoms with Gasteiger partial charge in [0.1, 0.15) is 0 Å². The smallest absolute Gasteiger partial charge is 0.316 e. The number of para-hydroxylation sites is 2. The number of nitrogen functional groups attached to an aromatic ring is 1. The highest BCUT2D eigenvalue weighted by atomic mass is 32.2. The highest BCUT2D eigenvalue weighted by Gasteiger charge is 2.09. The lowest BCUT2D eigenvalue weighted by atomic mass is 10.3. The van der Waals surface area contributed by atoms with Crippen LogP contribution in [0, 0.1) is 0 Å². The number of rotatable bonds is 5. The molecule has 1 aromatic carbocycles. The van der Waals surface area contributed by atoms with Gasteiger partial charge in [-0.1, -0.05) is 23.9 Å². The summed E-state index contributed by atoms with van der Waals surface area (Å²) in [5.41, 5.74) is 7.58. The average molecular weight is 276 g/mol. The van der Waals surface area contributed by atoms with Gasteiger partial charge in [-0.15, -0.1) is 0 Å². The standard InChI is InChI=1S/C14H16N2O2S/c1-2-18-14(17)10-19-13-8-5-9-16(13)12-7-4-3-6-11(12)15/h3-9H,2,10,15H2,1H3. The molecule has 0 spiro atoms. The molecule has 2 N–H and O–H groups in total. The van der Waals surface area contributed by atoms with Gasteiger partial charge in [0.25, 0.3) is 0 Å². The molecule has 0 aliphatic rings. The minimum absolute atomic E-state index is 0.207. The predicted molar refractivity (Wildman–Crippen MR) is 77.5 cm³/mol. The van der Waals surface area contributed by atoms with Crippen molar-refractivity contribution in [3.05, 3.63) is 42.6 Å². The zero-order valence-electron chi connectivity index (χ0n) is 10.7. The van der Waals surface area contributed by atoms with Crippen molar-refractivity contribution in [1.29, 1.82) is 0 Å². The van der Waals surface area contributed by atoms with Gasteiger partial charge in [-0.2, -0.15) is 0 Å². The molecule has 0 saturated heterocycles. The number of hydrogen-bond acceptors (Lipinski definition) is 4. The minimum atomic E-state index is -0.207. The van der Waals surface area contributed by atoms with Crippen molar-refractivity contribution in [2.45, 2.75) is 11.9 Å². The summed E-state index contributed by atoms with van der Waals surface area (Å²) in [6, 6.07) is 11.5. The van der Waals surface area contributed by atoms with E-state index in [9.17, 15) is 4.79 Å². The molecule has 0 fully saturated rings. The molecule has 2 rings (SSSR count). The molecule has 0 aliphatic heterocycles. The lowest BCUT2D eigenvalue weighted by molar-refractivity contribution is -0.139. The van der Waals surface area contributed by atoms with Crippen LogP contribution in [-0.2, 0) is 9.53 Å². The van der Waals surface area contributed by atoms with Gasteiger partial charge in [0.15, 0.2) is 0 Å². The summed E-state index contributed by atoms with van der Waals surface area (Å²) in [5.74, 6) is 0.0891. The molecule has 0 radical (unpaired) electrons. The molecular weight excluding hydrogens is 260 g/mol. The molecule has 0 bridgehead atoms. The van der Waals surface area contributed by atoms with Crippen LogP contribution < -0.4 is 5.73 Å². The Balaban J connectivity index is 2.14. The van der Waals surface area contributed by atoms with Crippen LogP contribution in [0.2, 0.25) is 0 Å². The van der Waals surface area contributed by atoms with E-state index < -0.39 is 0 Å². The zero-order chi connectivity index (χ0) is 13.7. The highest BCUT2D eigenvalue weighted by molar-refractivity contribution is 7.99. The molecule has 0 aliphatic carbocycles. The number of thioether (sulfide) groups is 1. The van der Waals surface area contributed by atoms with Crippen molar-refractivity contribution in [2.24, 2.45) is 0 Å². The van der Waals surface area contributed by atoms with E-state index in [1.807, 2.05) is 47.2 Å². The first-order chi connectivity index (χ1) is 9.22. The van der Waals surface area contributed by atoms with Gasteiger partial charge in [0.2, 0.25) is 0 Å². The number of aromatic nitrogens is 1. The van der Waals surface area contributed by atoms with Crippen LogP contribution in [0.5, 0.6) is 0 Å². The average Bonchev–Trinajstić information content (AvgIpc) is 2.85. The van der Waals surface area contributed by atoms with Crippen LogP contribution in [0.25, 0.3) is 5.69 Å². The third-order valence-electron chi connectivity index (χ3n) is 2.55. The maximum atomic E-state index is 11.4. The number of carbonyl (C=O) groups is 1. The Morgan fingerprint density at radius 3 is 2.84 bits per heavy atom. The molecule has 100 valence electrons. The molecule has 0 amide bonds. The monoisotopic (exact) mass is 276 g/mol. The molecule has 5 heteroatoms. The van der Waals surface area contributed by atoms with E-state index in [0.717, 1.165) is 10.7 Å². The molecule has 4 nitrogen and oxygen atoms in total. The number of benzene rings is 1. The lowest BCUT2D eigenvalue weighted by Gasteiger charge is -2.11. The highest BCUT2D eigenvalue weighted by Crippen LogP contribution is 2.25. The minimum Gasteiger partial charge on any atom is -0.465 e. The topological polar surface area (TPSA) is 57.2 Å². The number of carbonyl (C=O) groups excluding carboxylic acids is 1. The number of hydrogen-bond donors (Lipinski definition) is 1.